The lowest BCUT2D eigenvalue weighted by atomic mass is 9.91. The zero-order chi connectivity index (χ0) is 59.9. The molecule has 0 aromatic heterocycles. The van der Waals surface area contributed by atoms with E-state index in [1.807, 2.05) is 0 Å². The van der Waals surface area contributed by atoms with Gasteiger partial charge in [-0.2, -0.15) is 0 Å². The highest BCUT2D eigenvalue weighted by Gasteiger charge is 2.26. The van der Waals surface area contributed by atoms with Gasteiger partial charge in [-0.15, -0.1) is 0 Å². The van der Waals surface area contributed by atoms with E-state index >= 15 is 0 Å². The Kier molecular flexibility index (Phi) is 72.4. The van der Waals surface area contributed by atoms with Crippen LogP contribution in [0.15, 0.2) is 24.3 Å². The quantitative estimate of drug-likeness (QED) is 0.0375. The van der Waals surface area contributed by atoms with E-state index < -0.39 is 6.10 Å². The number of allylic oxidation sites excluding steroid dienone is 4. The second-order valence-electron chi connectivity index (χ2n) is 27.5. The fraction of sp³-hybridized carbons (Fsp3) is 0.938. The van der Waals surface area contributed by atoms with E-state index in [0.29, 0.717) is 0 Å². The third-order valence-corrected chi connectivity index (χ3v) is 19.1. The van der Waals surface area contributed by atoms with Crippen LogP contribution in [0, 0.1) is 11.8 Å². The Labute approximate surface area is 524 Å². The highest BCUT2D eigenvalue weighted by Crippen LogP contribution is 2.24. The zero-order valence-corrected chi connectivity index (χ0v) is 57.9. The Bertz CT molecular complexity index is 1240. The van der Waals surface area contributed by atoms with Gasteiger partial charge in [-0.1, -0.05) is 424 Å². The van der Waals surface area contributed by atoms with E-state index in [2.05, 4.69) is 45.1 Å². The maximum Gasteiger partial charge on any atom is 0.311 e. The number of ether oxygens (including phenoxy) is 1. The van der Waals surface area contributed by atoms with Crippen molar-refractivity contribution in [3.8, 4) is 0 Å². The monoisotopic (exact) mass is 1170 g/mol. The molecule has 0 aliphatic heterocycles. The highest BCUT2D eigenvalue weighted by molar-refractivity contribution is 5.72. The van der Waals surface area contributed by atoms with E-state index in [4.69, 9.17) is 4.74 Å². The molecule has 0 saturated heterocycles. The lowest BCUT2D eigenvalue weighted by molar-refractivity contribution is -0.150. The number of hydrogen-bond acceptors (Lipinski definition) is 3. The molecule has 0 amide bonds. The molecule has 0 aromatic rings. The van der Waals surface area contributed by atoms with Gasteiger partial charge in [-0.25, -0.2) is 0 Å². The topological polar surface area (TPSA) is 46.5 Å². The Morgan fingerprint density at radius 2 is 0.494 bits per heavy atom. The normalized spacial score (nSPS) is 13.1. The summed E-state index contributed by atoms with van der Waals surface area (Å²) in [6.07, 6.45) is 103. The van der Waals surface area contributed by atoms with Gasteiger partial charge in [0.1, 0.15) is 0 Å². The van der Waals surface area contributed by atoms with Crippen molar-refractivity contribution in [2.75, 3.05) is 7.11 Å². The molecule has 494 valence electrons. The zero-order valence-electron chi connectivity index (χ0n) is 57.9. The minimum atomic E-state index is -0.555. The molecule has 1 N–H and O–H groups in total. The molecule has 0 aromatic carbocycles. The standard InChI is InChI=1S/C80H156O3/c1-5-7-9-11-13-15-17-19-21-23-25-27-28-29-30-31-32-33-34-35-36-37-38-39-40-42-45-49-53-57-61-65-69-73-77(3)74-70-66-62-58-54-50-46-44-48-52-56-60-64-68-72-76-79(81)78(80(82)83-4)75-71-67-63-59-55-51-47-43-41-26-24-22-20-18-16-14-12-10-8-6-2/h33-34,69,73,77-79,81H,5-32,35-68,70-72,74-76H2,1-4H3/b34-33-,73-69+. The van der Waals surface area contributed by atoms with Crippen molar-refractivity contribution in [3.63, 3.8) is 0 Å². The van der Waals surface area contributed by atoms with Crippen molar-refractivity contribution in [1.29, 1.82) is 0 Å². The summed E-state index contributed by atoms with van der Waals surface area (Å²) in [4.78, 5) is 12.5. The molecule has 0 radical (unpaired) electrons. The molecular weight excluding hydrogens is 1010 g/mol. The summed E-state index contributed by atoms with van der Waals surface area (Å²) in [5.41, 5.74) is 0. The van der Waals surface area contributed by atoms with Gasteiger partial charge in [0.15, 0.2) is 0 Å². The van der Waals surface area contributed by atoms with Gasteiger partial charge in [-0.3, -0.25) is 4.79 Å². The SMILES string of the molecule is CCCCCCCCCCCCCCCCCC/C=C\CCCCCCCCCCCCC/C=C/C(C)CCCCCCCCCCCCCCCCCC(O)C(CCCCCCCCCCCCCCCCCCCCCC)C(=O)OC. The van der Waals surface area contributed by atoms with Gasteiger partial charge in [0.25, 0.3) is 0 Å². The van der Waals surface area contributed by atoms with E-state index in [0.717, 1.165) is 38.0 Å². The van der Waals surface area contributed by atoms with Crippen molar-refractivity contribution in [2.24, 2.45) is 11.8 Å². The first-order valence-corrected chi connectivity index (χ1v) is 39.1. The minimum Gasteiger partial charge on any atom is -0.469 e. The molecule has 3 heteroatoms. The molecule has 0 heterocycles. The molecule has 0 spiro atoms. The van der Waals surface area contributed by atoms with Crippen LogP contribution in [0.5, 0.6) is 0 Å². The Morgan fingerprint density at radius 1 is 0.289 bits per heavy atom. The summed E-state index contributed by atoms with van der Waals surface area (Å²) >= 11 is 0. The molecule has 3 nitrogen and oxygen atoms in total. The van der Waals surface area contributed by atoms with Crippen molar-refractivity contribution in [2.45, 2.75) is 463 Å². The molecule has 0 aliphatic carbocycles. The molecule has 83 heavy (non-hydrogen) atoms. The summed E-state index contributed by atoms with van der Waals surface area (Å²) in [6, 6.07) is 0. The van der Waals surface area contributed by atoms with Crippen molar-refractivity contribution >= 4 is 5.97 Å². The molecule has 0 saturated carbocycles. The summed E-state index contributed by atoms with van der Waals surface area (Å²) < 4.78 is 5.12. The van der Waals surface area contributed by atoms with Crippen LogP contribution >= 0.6 is 0 Å². The van der Waals surface area contributed by atoms with Gasteiger partial charge >= 0.3 is 5.97 Å². The van der Waals surface area contributed by atoms with Crippen LogP contribution < -0.4 is 0 Å². The first kappa shape index (κ1) is 81.9. The maximum absolute atomic E-state index is 12.5. The van der Waals surface area contributed by atoms with Gasteiger partial charge in [0, 0.05) is 0 Å². The molecule has 0 fully saturated rings. The fourth-order valence-electron chi connectivity index (χ4n) is 13.1. The van der Waals surface area contributed by atoms with Crippen molar-refractivity contribution in [3.05, 3.63) is 24.3 Å². The van der Waals surface area contributed by atoms with E-state index in [1.165, 1.54) is 412 Å². The first-order valence-electron chi connectivity index (χ1n) is 39.1. The van der Waals surface area contributed by atoms with Crippen LogP contribution in [-0.4, -0.2) is 24.3 Å². The number of carbonyl (C=O) groups is 1. The van der Waals surface area contributed by atoms with Crippen LogP contribution in [-0.2, 0) is 9.53 Å². The molecule has 0 aliphatic rings. The first-order chi connectivity index (χ1) is 41.1. The van der Waals surface area contributed by atoms with Crippen LogP contribution in [0.4, 0.5) is 0 Å². The molecule has 3 atom stereocenters. The number of rotatable bonds is 73. The van der Waals surface area contributed by atoms with Gasteiger partial charge in [0.2, 0.25) is 0 Å². The summed E-state index contributed by atoms with van der Waals surface area (Å²) in [5.74, 6) is 0.185. The molecule has 3 unspecified atom stereocenters. The number of hydrogen-bond donors (Lipinski definition) is 1. The summed E-state index contributed by atoms with van der Waals surface area (Å²) in [6.45, 7) is 7.04. The average molecular weight is 1170 g/mol. The lowest BCUT2D eigenvalue weighted by Gasteiger charge is -2.20. The number of carbonyl (C=O) groups excluding carboxylic acids is 1. The average Bonchev–Trinajstić information content (AvgIpc) is 3.52. The molecular formula is C80H156O3. The largest absolute Gasteiger partial charge is 0.469 e. The van der Waals surface area contributed by atoms with E-state index in [9.17, 15) is 9.90 Å². The number of esters is 1. The van der Waals surface area contributed by atoms with Gasteiger partial charge in [-0.05, 0) is 63.7 Å². The predicted octanol–water partition coefficient (Wildman–Crippen LogP) is 28.5. The Morgan fingerprint density at radius 3 is 0.747 bits per heavy atom. The minimum absolute atomic E-state index is 0.213. The van der Waals surface area contributed by atoms with Crippen LogP contribution in [0.1, 0.15) is 457 Å². The maximum atomic E-state index is 12.5. The highest BCUT2D eigenvalue weighted by atomic mass is 16.5. The second kappa shape index (κ2) is 73.4. The number of methoxy groups -OCH3 is 1. The smallest absolute Gasteiger partial charge is 0.311 e. The Hall–Kier alpha value is -1.09. The third-order valence-electron chi connectivity index (χ3n) is 19.1. The van der Waals surface area contributed by atoms with Crippen LogP contribution in [0.2, 0.25) is 0 Å². The van der Waals surface area contributed by atoms with Crippen molar-refractivity contribution < 1.29 is 14.6 Å². The van der Waals surface area contributed by atoms with Crippen LogP contribution in [0.3, 0.4) is 0 Å². The van der Waals surface area contributed by atoms with Crippen molar-refractivity contribution in [1.82, 2.24) is 0 Å². The van der Waals surface area contributed by atoms with Gasteiger partial charge < -0.3 is 9.84 Å². The molecule has 0 bridgehead atoms. The van der Waals surface area contributed by atoms with E-state index in [1.54, 1.807) is 0 Å². The number of unbranched alkanes of at least 4 members (excludes halogenated alkanes) is 61. The second-order valence-corrected chi connectivity index (χ2v) is 27.5. The lowest BCUT2D eigenvalue weighted by Crippen LogP contribution is -2.29. The Balaban J connectivity index is 3.44. The summed E-state index contributed by atoms with van der Waals surface area (Å²) in [7, 11) is 1.48. The fourth-order valence-corrected chi connectivity index (χ4v) is 13.1. The van der Waals surface area contributed by atoms with Crippen LogP contribution in [0.25, 0.3) is 0 Å². The predicted molar refractivity (Wildman–Crippen MR) is 374 cm³/mol. The summed E-state index contributed by atoms with van der Waals surface area (Å²) in [5, 5.41) is 10.9. The number of aliphatic hydroxyl groups excluding tert-OH is 1. The molecule has 0 rings (SSSR count). The van der Waals surface area contributed by atoms with Gasteiger partial charge in [0.05, 0.1) is 19.1 Å². The third kappa shape index (κ3) is 68.3. The van der Waals surface area contributed by atoms with E-state index in [-0.39, 0.29) is 11.9 Å². The number of aliphatic hydroxyl groups is 1.